The van der Waals surface area contributed by atoms with E-state index in [2.05, 4.69) is 74.9 Å². The lowest BCUT2D eigenvalue weighted by molar-refractivity contribution is -0.121. The van der Waals surface area contributed by atoms with Crippen LogP contribution in [0.25, 0.3) is 10.9 Å². The summed E-state index contributed by atoms with van der Waals surface area (Å²) >= 11 is 4.10. The lowest BCUT2D eigenvalue weighted by atomic mass is 10.1. The summed E-state index contributed by atoms with van der Waals surface area (Å²) < 4.78 is 6.92. The van der Waals surface area contributed by atoms with Crippen molar-refractivity contribution < 1.29 is 9.53 Å². The lowest BCUT2D eigenvalue weighted by Crippen LogP contribution is -2.51. The molecule has 2 aliphatic heterocycles. The molecule has 4 rings (SSSR count). The van der Waals surface area contributed by atoms with Crippen molar-refractivity contribution in [2.45, 2.75) is 23.5 Å². The number of thioether (sulfide) groups is 1. The third-order valence-corrected chi connectivity index (χ3v) is 7.61. The van der Waals surface area contributed by atoms with Crippen molar-refractivity contribution in [1.82, 2.24) is 15.2 Å². The van der Waals surface area contributed by atoms with Gasteiger partial charge in [0.25, 0.3) is 0 Å². The third kappa shape index (κ3) is 4.98. The summed E-state index contributed by atoms with van der Waals surface area (Å²) in [5.74, 6) is 0.108. The molecule has 0 bridgehead atoms. The Morgan fingerprint density at radius 3 is 3.03 bits per heavy atom. The predicted molar refractivity (Wildman–Crippen MR) is 128 cm³/mol. The molecule has 2 fully saturated rings. The van der Waals surface area contributed by atoms with Crippen molar-refractivity contribution in [3.05, 3.63) is 34.0 Å². The van der Waals surface area contributed by atoms with E-state index in [9.17, 15) is 4.79 Å². The number of hydrogen-bond acceptors (Lipinski definition) is 6. The molecule has 0 radical (unpaired) electrons. The summed E-state index contributed by atoms with van der Waals surface area (Å²) in [7, 11) is 2.09. The maximum absolute atomic E-state index is 12.9. The molecule has 1 N–H and O–H groups in total. The molecule has 6 nitrogen and oxygen atoms in total. The molecular weight excluding hydrogens is 499 g/mol. The lowest BCUT2D eigenvalue weighted by Gasteiger charge is -2.38. The van der Waals surface area contributed by atoms with Gasteiger partial charge in [-0.1, -0.05) is 6.92 Å². The van der Waals surface area contributed by atoms with E-state index >= 15 is 0 Å². The first-order valence-electron chi connectivity index (χ1n) is 10.0. The van der Waals surface area contributed by atoms with Crippen LogP contribution in [0.2, 0.25) is 0 Å². The van der Waals surface area contributed by atoms with E-state index in [1.807, 2.05) is 12.3 Å². The highest BCUT2D eigenvalue weighted by Crippen LogP contribution is 2.34. The van der Waals surface area contributed by atoms with Crippen LogP contribution >= 0.6 is 34.4 Å². The monoisotopic (exact) mass is 526 g/mol. The topological polar surface area (TPSA) is 57.7 Å². The number of aromatic nitrogens is 1. The van der Waals surface area contributed by atoms with Crippen molar-refractivity contribution in [2.24, 2.45) is 0 Å². The van der Waals surface area contributed by atoms with Crippen LogP contribution < -0.4 is 10.2 Å². The summed E-state index contributed by atoms with van der Waals surface area (Å²) in [6, 6.07) is 8.38. The molecule has 1 aromatic carbocycles. The number of halogens is 1. The van der Waals surface area contributed by atoms with Gasteiger partial charge in [-0.15, -0.1) is 11.8 Å². The fraction of sp³-hybridized carbons (Fsp3) is 0.524. The van der Waals surface area contributed by atoms with Gasteiger partial charge < -0.3 is 19.9 Å². The van der Waals surface area contributed by atoms with Crippen molar-refractivity contribution in [3.8, 4) is 0 Å². The Morgan fingerprint density at radius 1 is 1.34 bits per heavy atom. The zero-order chi connectivity index (χ0) is 20.4. The quantitative estimate of drug-likeness (QED) is 0.619. The Bertz CT molecular complexity index is 883. The SMILES string of the molecule is C[C@@H]1CN(c2ccc(I)c3ncccc23)C[C@H](C(=O)NCC2CN(C)CCO2)S1. The maximum atomic E-state index is 12.9. The van der Waals surface area contributed by atoms with Gasteiger partial charge in [-0.2, -0.15) is 0 Å². The van der Waals surface area contributed by atoms with Gasteiger partial charge in [-0.3, -0.25) is 9.78 Å². The Labute approximate surface area is 189 Å². The third-order valence-electron chi connectivity index (χ3n) is 5.44. The van der Waals surface area contributed by atoms with Gasteiger partial charge in [0.15, 0.2) is 0 Å². The first kappa shape index (κ1) is 21.1. The van der Waals surface area contributed by atoms with Gasteiger partial charge in [0.1, 0.15) is 5.25 Å². The summed E-state index contributed by atoms with van der Waals surface area (Å²) in [4.78, 5) is 22.1. The number of rotatable bonds is 4. The standard InChI is InChI=1S/C21H27IN4O2S/c1-14-11-26(18-6-5-17(22)20-16(18)4-3-7-23-20)13-19(29-14)21(27)24-10-15-12-25(2)8-9-28-15/h3-7,14-15,19H,8-13H2,1-2H3,(H,24,27)/t14-,15?,19-/m1/s1. The average Bonchev–Trinajstić information content (AvgIpc) is 2.72. The molecule has 0 spiro atoms. The number of pyridine rings is 1. The minimum Gasteiger partial charge on any atom is -0.374 e. The van der Waals surface area contributed by atoms with E-state index in [-0.39, 0.29) is 17.3 Å². The fourth-order valence-corrected chi connectivity index (χ4v) is 5.92. The minimum atomic E-state index is -0.0916. The number of carbonyl (C=O) groups excluding carboxylic acids is 1. The summed E-state index contributed by atoms with van der Waals surface area (Å²) in [5, 5.41) is 4.56. The highest BCUT2D eigenvalue weighted by molar-refractivity contribution is 14.1. The highest BCUT2D eigenvalue weighted by atomic mass is 127. The van der Waals surface area contributed by atoms with Gasteiger partial charge >= 0.3 is 0 Å². The Balaban J connectivity index is 1.46. The second kappa shape index (κ2) is 9.36. The van der Waals surface area contributed by atoms with Crippen LogP contribution in [0.4, 0.5) is 5.69 Å². The largest absolute Gasteiger partial charge is 0.374 e. The van der Waals surface area contributed by atoms with Crippen molar-refractivity contribution in [2.75, 3.05) is 51.3 Å². The van der Waals surface area contributed by atoms with E-state index in [0.717, 1.165) is 46.4 Å². The highest BCUT2D eigenvalue weighted by Gasteiger charge is 2.31. The summed E-state index contributed by atoms with van der Waals surface area (Å²) in [6.45, 7) is 6.95. The molecule has 0 aliphatic carbocycles. The molecule has 1 unspecified atom stereocenters. The van der Waals surface area contributed by atoms with E-state index in [1.54, 1.807) is 11.8 Å². The van der Waals surface area contributed by atoms with Gasteiger partial charge in [0, 0.05) is 58.8 Å². The van der Waals surface area contributed by atoms with E-state index in [1.165, 1.54) is 0 Å². The van der Waals surface area contributed by atoms with Crippen molar-refractivity contribution in [3.63, 3.8) is 0 Å². The number of hydrogen-bond donors (Lipinski definition) is 1. The average molecular weight is 526 g/mol. The molecule has 2 aromatic rings. The first-order chi connectivity index (χ1) is 14.0. The van der Waals surface area contributed by atoms with E-state index in [4.69, 9.17) is 4.74 Å². The number of amides is 1. The zero-order valence-corrected chi connectivity index (χ0v) is 19.8. The van der Waals surface area contributed by atoms with Crippen LogP contribution in [0.1, 0.15) is 6.92 Å². The van der Waals surface area contributed by atoms with Gasteiger partial charge in [-0.25, -0.2) is 0 Å². The van der Waals surface area contributed by atoms with Gasteiger partial charge in [0.2, 0.25) is 5.91 Å². The predicted octanol–water partition coefficient (Wildman–Crippen LogP) is 2.60. The first-order valence-corrected chi connectivity index (χ1v) is 12.0. The Hall–Kier alpha value is -1.10. The fourth-order valence-electron chi connectivity index (χ4n) is 4.01. The molecule has 1 amide bonds. The Kier molecular flexibility index (Phi) is 6.83. The van der Waals surface area contributed by atoms with Crippen LogP contribution in [0.3, 0.4) is 0 Å². The second-order valence-electron chi connectivity index (χ2n) is 7.81. The number of nitrogens with zero attached hydrogens (tertiary/aromatic N) is 3. The molecule has 3 heterocycles. The van der Waals surface area contributed by atoms with Crippen LogP contribution in [-0.2, 0) is 9.53 Å². The van der Waals surface area contributed by atoms with Crippen LogP contribution in [0, 0.1) is 3.57 Å². The molecule has 1 aromatic heterocycles. The van der Waals surface area contributed by atoms with Crippen molar-refractivity contribution in [1.29, 1.82) is 0 Å². The van der Waals surface area contributed by atoms with E-state index in [0.29, 0.717) is 18.3 Å². The smallest absolute Gasteiger partial charge is 0.235 e. The van der Waals surface area contributed by atoms with Gasteiger partial charge in [0.05, 0.1) is 18.2 Å². The zero-order valence-electron chi connectivity index (χ0n) is 16.8. The number of fused-ring (bicyclic) bond motifs is 1. The molecule has 3 atom stereocenters. The summed E-state index contributed by atoms with van der Waals surface area (Å²) in [6.07, 6.45) is 1.91. The molecule has 29 heavy (non-hydrogen) atoms. The van der Waals surface area contributed by atoms with Crippen LogP contribution in [0.5, 0.6) is 0 Å². The maximum Gasteiger partial charge on any atom is 0.235 e. The molecule has 0 saturated carbocycles. The van der Waals surface area contributed by atoms with Gasteiger partial charge in [-0.05, 0) is 53.9 Å². The number of ether oxygens (including phenoxy) is 1. The minimum absolute atomic E-state index is 0.0750. The number of morpholine rings is 1. The molecule has 156 valence electrons. The number of nitrogens with one attached hydrogen (secondary N) is 1. The van der Waals surface area contributed by atoms with Crippen LogP contribution in [-0.4, -0.2) is 78.8 Å². The second-order valence-corrected chi connectivity index (χ2v) is 10.6. The number of benzene rings is 1. The van der Waals surface area contributed by atoms with Crippen molar-refractivity contribution >= 4 is 56.9 Å². The molecule has 8 heteroatoms. The molecular formula is C21H27IN4O2S. The summed E-state index contributed by atoms with van der Waals surface area (Å²) in [5.41, 5.74) is 2.19. The molecule has 2 aliphatic rings. The number of anilines is 1. The van der Waals surface area contributed by atoms with E-state index < -0.39 is 0 Å². The molecule has 2 saturated heterocycles. The number of likely N-dealkylation sites (N-methyl/N-ethyl adjacent to an activating group) is 1. The number of carbonyl (C=O) groups is 1. The normalized spacial score (nSPS) is 25.9. The van der Waals surface area contributed by atoms with Crippen LogP contribution in [0.15, 0.2) is 30.5 Å². The Morgan fingerprint density at radius 2 is 2.21 bits per heavy atom.